The van der Waals surface area contributed by atoms with Crippen LogP contribution in [0.2, 0.25) is 5.02 Å². The Kier molecular flexibility index (Phi) is 4.96. The van der Waals surface area contributed by atoms with Crippen LogP contribution in [0.1, 0.15) is 31.9 Å². The van der Waals surface area contributed by atoms with E-state index in [4.69, 9.17) is 16.0 Å². The molecule has 0 unspecified atom stereocenters. The lowest BCUT2D eigenvalue weighted by atomic mass is 10.1. The zero-order chi connectivity index (χ0) is 15.5. The van der Waals surface area contributed by atoms with E-state index in [1.54, 1.807) is 12.5 Å². The van der Waals surface area contributed by atoms with Gasteiger partial charge in [0.15, 0.2) is 0 Å². The van der Waals surface area contributed by atoms with E-state index < -0.39 is 0 Å². The zero-order valence-corrected chi connectivity index (χ0v) is 13.9. The Labute approximate surface area is 131 Å². The summed E-state index contributed by atoms with van der Waals surface area (Å²) in [5.74, 6) is 0. The van der Waals surface area contributed by atoms with Crippen molar-refractivity contribution in [1.29, 1.82) is 0 Å². The second kappa shape index (κ2) is 6.54. The summed E-state index contributed by atoms with van der Waals surface area (Å²) >= 11 is 6.40. The fraction of sp³-hybridized carbons (Fsp3) is 0.412. The lowest BCUT2D eigenvalue weighted by molar-refractivity contribution is 0.424. The molecule has 1 aromatic heterocycles. The molecule has 3 nitrogen and oxygen atoms in total. The average Bonchev–Trinajstić information content (AvgIpc) is 2.89. The monoisotopic (exact) mass is 306 g/mol. The maximum absolute atomic E-state index is 6.40. The van der Waals surface area contributed by atoms with Crippen LogP contribution in [0.25, 0.3) is 0 Å². The number of benzene rings is 1. The van der Waals surface area contributed by atoms with E-state index in [0.29, 0.717) is 0 Å². The van der Waals surface area contributed by atoms with E-state index in [-0.39, 0.29) is 5.54 Å². The molecule has 0 aliphatic carbocycles. The third kappa shape index (κ3) is 4.80. The van der Waals surface area contributed by atoms with Crippen molar-refractivity contribution >= 4 is 17.3 Å². The summed E-state index contributed by atoms with van der Waals surface area (Å²) in [7, 11) is 2.05. The molecular formula is C17H23ClN2O. The number of hydrogen-bond donors (Lipinski definition) is 1. The third-order valence-corrected chi connectivity index (χ3v) is 3.64. The standard InChI is InChI=1S/C17H23ClN2O/c1-17(2,3)19-10-14-5-6-15(9-16(14)18)20(4)11-13-7-8-21-12-13/h5-9,12,19H,10-11H2,1-4H3. The van der Waals surface area contributed by atoms with E-state index in [1.807, 2.05) is 19.2 Å². The molecule has 0 bridgehead atoms. The van der Waals surface area contributed by atoms with Crippen LogP contribution in [0.15, 0.2) is 41.2 Å². The van der Waals surface area contributed by atoms with Crippen LogP contribution < -0.4 is 10.2 Å². The van der Waals surface area contributed by atoms with Crippen molar-refractivity contribution < 1.29 is 4.42 Å². The van der Waals surface area contributed by atoms with Gasteiger partial charge in [0.25, 0.3) is 0 Å². The Morgan fingerprint density at radius 3 is 2.57 bits per heavy atom. The van der Waals surface area contributed by atoms with Gasteiger partial charge in [-0.2, -0.15) is 0 Å². The van der Waals surface area contributed by atoms with Gasteiger partial charge in [-0.25, -0.2) is 0 Å². The molecule has 0 amide bonds. The topological polar surface area (TPSA) is 28.4 Å². The highest BCUT2D eigenvalue weighted by molar-refractivity contribution is 6.31. The van der Waals surface area contributed by atoms with Gasteiger partial charge in [-0.15, -0.1) is 0 Å². The molecule has 0 saturated heterocycles. The molecule has 2 aromatic rings. The molecule has 114 valence electrons. The Morgan fingerprint density at radius 1 is 1.24 bits per heavy atom. The van der Waals surface area contributed by atoms with Crippen LogP contribution in [0.3, 0.4) is 0 Å². The number of anilines is 1. The molecule has 0 atom stereocenters. The van der Waals surface area contributed by atoms with Crippen molar-refractivity contribution in [2.75, 3.05) is 11.9 Å². The molecular weight excluding hydrogens is 284 g/mol. The maximum Gasteiger partial charge on any atom is 0.0952 e. The van der Waals surface area contributed by atoms with Gasteiger partial charge in [0, 0.05) is 41.9 Å². The minimum Gasteiger partial charge on any atom is -0.472 e. The molecule has 0 saturated carbocycles. The number of nitrogens with one attached hydrogen (secondary N) is 1. The van der Waals surface area contributed by atoms with E-state index in [0.717, 1.165) is 34.9 Å². The third-order valence-electron chi connectivity index (χ3n) is 3.29. The van der Waals surface area contributed by atoms with Gasteiger partial charge in [0.05, 0.1) is 12.5 Å². The highest BCUT2D eigenvalue weighted by Gasteiger charge is 2.11. The molecule has 2 rings (SSSR count). The van der Waals surface area contributed by atoms with Gasteiger partial charge in [-0.1, -0.05) is 17.7 Å². The van der Waals surface area contributed by atoms with Crippen LogP contribution in [-0.4, -0.2) is 12.6 Å². The Morgan fingerprint density at radius 2 is 2.00 bits per heavy atom. The molecule has 0 fully saturated rings. The van der Waals surface area contributed by atoms with Crippen molar-refractivity contribution in [2.45, 2.75) is 39.4 Å². The van der Waals surface area contributed by atoms with Crippen molar-refractivity contribution in [3.8, 4) is 0 Å². The molecule has 1 N–H and O–H groups in total. The number of furan rings is 1. The van der Waals surface area contributed by atoms with E-state index >= 15 is 0 Å². The van der Waals surface area contributed by atoms with Crippen molar-refractivity contribution in [3.63, 3.8) is 0 Å². The van der Waals surface area contributed by atoms with Gasteiger partial charge in [-0.3, -0.25) is 0 Å². The first kappa shape index (κ1) is 15.9. The summed E-state index contributed by atoms with van der Waals surface area (Å²) < 4.78 is 5.10. The van der Waals surface area contributed by atoms with Crippen LogP contribution in [0, 0.1) is 0 Å². The Balaban J connectivity index is 2.04. The highest BCUT2D eigenvalue weighted by Crippen LogP contribution is 2.24. The first-order valence-corrected chi connectivity index (χ1v) is 7.48. The molecule has 1 aromatic carbocycles. The lowest BCUT2D eigenvalue weighted by Crippen LogP contribution is -2.35. The van der Waals surface area contributed by atoms with Gasteiger partial charge in [-0.05, 0) is 44.5 Å². The quantitative estimate of drug-likeness (QED) is 0.884. The number of nitrogens with zero attached hydrogens (tertiary/aromatic N) is 1. The van der Waals surface area contributed by atoms with Gasteiger partial charge < -0.3 is 14.6 Å². The minimum absolute atomic E-state index is 0.0834. The second-order valence-electron chi connectivity index (χ2n) is 6.37. The molecule has 21 heavy (non-hydrogen) atoms. The van der Waals surface area contributed by atoms with Gasteiger partial charge in [0.2, 0.25) is 0 Å². The smallest absolute Gasteiger partial charge is 0.0952 e. The first-order valence-electron chi connectivity index (χ1n) is 7.11. The number of hydrogen-bond acceptors (Lipinski definition) is 3. The van der Waals surface area contributed by atoms with Crippen LogP contribution in [0.4, 0.5) is 5.69 Å². The Hall–Kier alpha value is -1.45. The molecule has 0 aliphatic rings. The normalized spacial score (nSPS) is 11.7. The van der Waals surface area contributed by atoms with Crippen molar-refractivity contribution in [3.05, 3.63) is 52.9 Å². The summed E-state index contributed by atoms with van der Waals surface area (Å²) in [4.78, 5) is 2.15. The molecule has 1 heterocycles. The summed E-state index contributed by atoms with van der Waals surface area (Å²) in [5.41, 5.74) is 3.44. The zero-order valence-electron chi connectivity index (χ0n) is 13.1. The SMILES string of the molecule is CN(Cc1ccoc1)c1ccc(CNC(C)(C)C)c(Cl)c1. The average molecular weight is 307 g/mol. The largest absolute Gasteiger partial charge is 0.472 e. The lowest BCUT2D eigenvalue weighted by Gasteiger charge is -2.22. The molecule has 4 heteroatoms. The van der Waals surface area contributed by atoms with Crippen molar-refractivity contribution in [1.82, 2.24) is 5.32 Å². The first-order chi connectivity index (χ1) is 9.85. The summed E-state index contributed by atoms with van der Waals surface area (Å²) in [6, 6.07) is 8.18. The van der Waals surface area contributed by atoms with E-state index in [9.17, 15) is 0 Å². The predicted octanol–water partition coefficient (Wildman–Crippen LogP) is 4.46. The highest BCUT2D eigenvalue weighted by atomic mass is 35.5. The maximum atomic E-state index is 6.40. The van der Waals surface area contributed by atoms with E-state index in [1.165, 1.54) is 0 Å². The molecule has 0 radical (unpaired) electrons. The summed E-state index contributed by atoms with van der Waals surface area (Å²) in [6.07, 6.45) is 3.46. The van der Waals surface area contributed by atoms with Crippen LogP contribution in [0.5, 0.6) is 0 Å². The van der Waals surface area contributed by atoms with Crippen LogP contribution >= 0.6 is 11.6 Å². The fourth-order valence-electron chi connectivity index (χ4n) is 2.03. The van der Waals surface area contributed by atoms with Crippen molar-refractivity contribution in [2.24, 2.45) is 0 Å². The predicted molar refractivity (Wildman–Crippen MR) is 88.9 cm³/mol. The number of halogens is 1. The van der Waals surface area contributed by atoms with Crippen LogP contribution in [-0.2, 0) is 13.1 Å². The molecule has 0 spiro atoms. The van der Waals surface area contributed by atoms with Gasteiger partial charge >= 0.3 is 0 Å². The summed E-state index contributed by atoms with van der Waals surface area (Å²) in [6.45, 7) is 8.01. The molecule has 0 aliphatic heterocycles. The Bertz CT molecular complexity index is 573. The second-order valence-corrected chi connectivity index (χ2v) is 6.77. The van der Waals surface area contributed by atoms with E-state index in [2.05, 4.69) is 43.1 Å². The van der Waals surface area contributed by atoms with Gasteiger partial charge in [0.1, 0.15) is 0 Å². The summed E-state index contributed by atoms with van der Waals surface area (Å²) in [5, 5.41) is 4.25. The number of rotatable bonds is 5. The minimum atomic E-state index is 0.0834. The fourth-order valence-corrected chi connectivity index (χ4v) is 2.27.